The van der Waals surface area contributed by atoms with Crippen LogP contribution in [0.4, 0.5) is 5.82 Å². The Hall–Kier alpha value is -1.20. The summed E-state index contributed by atoms with van der Waals surface area (Å²) >= 11 is 0. The van der Waals surface area contributed by atoms with Crippen molar-refractivity contribution >= 4 is 5.82 Å². The summed E-state index contributed by atoms with van der Waals surface area (Å²) in [5, 5.41) is 0. The molecule has 16 heavy (non-hydrogen) atoms. The number of aromatic nitrogens is 2. The van der Waals surface area contributed by atoms with E-state index in [4.69, 9.17) is 5.73 Å². The number of piperazine rings is 1. The monoisotopic (exact) mass is 221 g/mol. The molecule has 2 N–H and O–H groups in total. The van der Waals surface area contributed by atoms with Crippen LogP contribution in [0.5, 0.6) is 0 Å². The van der Waals surface area contributed by atoms with E-state index < -0.39 is 0 Å². The minimum absolute atomic E-state index is 0.740. The summed E-state index contributed by atoms with van der Waals surface area (Å²) in [6, 6.07) is 0. The van der Waals surface area contributed by atoms with E-state index in [1.54, 1.807) is 12.4 Å². The molecule has 0 bridgehead atoms. The molecule has 0 amide bonds. The van der Waals surface area contributed by atoms with Crippen LogP contribution in [0.15, 0.2) is 12.4 Å². The average Bonchev–Trinajstić information content (AvgIpc) is 2.31. The Kier molecular flexibility index (Phi) is 3.69. The molecule has 1 aliphatic rings. The number of anilines is 1. The zero-order valence-electron chi connectivity index (χ0n) is 9.76. The molecule has 0 unspecified atom stereocenters. The Morgan fingerprint density at radius 1 is 1.19 bits per heavy atom. The minimum atomic E-state index is 0.740. The fraction of sp³-hybridized carbons (Fsp3) is 0.636. The molecule has 1 aromatic heterocycles. The van der Waals surface area contributed by atoms with Gasteiger partial charge in [-0.2, -0.15) is 0 Å². The van der Waals surface area contributed by atoms with Crippen LogP contribution in [0.3, 0.4) is 0 Å². The van der Waals surface area contributed by atoms with Crippen molar-refractivity contribution < 1.29 is 0 Å². The van der Waals surface area contributed by atoms with Gasteiger partial charge in [0.1, 0.15) is 5.82 Å². The standard InChI is InChI=1S/C11H19N5/c1-10-11(14-4-3-13-10)16-8-6-15(5-2-12)7-9-16/h3-4H,2,5-9,12H2,1H3. The summed E-state index contributed by atoms with van der Waals surface area (Å²) in [4.78, 5) is 13.4. The zero-order valence-corrected chi connectivity index (χ0v) is 9.76. The first kappa shape index (κ1) is 11.3. The average molecular weight is 221 g/mol. The molecule has 88 valence electrons. The SMILES string of the molecule is Cc1nccnc1N1CCN(CCN)CC1. The topological polar surface area (TPSA) is 58.3 Å². The second-order valence-corrected chi connectivity index (χ2v) is 4.08. The smallest absolute Gasteiger partial charge is 0.150 e. The Bertz CT molecular complexity index is 333. The lowest BCUT2D eigenvalue weighted by Crippen LogP contribution is -2.48. The van der Waals surface area contributed by atoms with Crippen molar-refractivity contribution in [3.8, 4) is 0 Å². The summed E-state index contributed by atoms with van der Waals surface area (Å²) in [5.74, 6) is 1.02. The Morgan fingerprint density at radius 3 is 2.50 bits per heavy atom. The second-order valence-electron chi connectivity index (χ2n) is 4.08. The van der Waals surface area contributed by atoms with Gasteiger partial charge in [-0.15, -0.1) is 0 Å². The maximum Gasteiger partial charge on any atom is 0.150 e. The molecule has 1 fully saturated rings. The fourth-order valence-corrected chi connectivity index (χ4v) is 2.08. The van der Waals surface area contributed by atoms with Gasteiger partial charge in [-0.25, -0.2) is 4.98 Å². The highest BCUT2D eigenvalue weighted by molar-refractivity contribution is 5.42. The lowest BCUT2D eigenvalue weighted by Gasteiger charge is -2.35. The van der Waals surface area contributed by atoms with Crippen LogP contribution in [-0.4, -0.2) is 54.1 Å². The van der Waals surface area contributed by atoms with Gasteiger partial charge < -0.3 is 10.6 Å². The van der Waals surface area contributed by atoms with E-state index in [1.807, 2.05) is 6.92 Å². The van der Waals surface area contributed by atoms with Crippen molar-refractivity contribution in [3.63, 3.8) is 0 Å². The molecule has 2 rings (SSSR count). The predicted octanol–water partition coefficient (Wildman–Crippen LogP) is -0.134. The van der Waals surface area contributed by atoms with Gasteiger partial charge in [0.25, 0.3) is 0 Å². The molecule has 0 aromatic carbocycles. The number of hydrogen-bond donors (Lipinski definition) is 1. The molecule has 0 atom stereocenters. The Labute approximate surface area is 96.3 Å². The van der Waals surface area contributed by atoms with Crippen molar-refractivity contribution in [2.75, 3.05) is 44.2 Å². The lowest BCUT2D eigenvalue weighted by molar-refractivity contribution is 0.264. The van der Waals surface area contributed by atoms with Crippen molar-refractivity contribution in [1.29, 1.82) is 0 Å². The maximum atomic E-state index is 5.55. The fourth-order valence-electron chi connectivity index (χ4n) is 2.08. The lowest BCUT2D eigenvalue weighted by atomic mass is 10.3. The highest BCUT2D eigenvalue weighted by Crippen LogP contribution is 2.15. The first-order valence-corrected chi connectivity index (χ1v) is 5.76. The van der Waals surface area contributed by atoms with Crippen LogP contribution in [0.25, 0.3) is 0 Å². The normalized spacial score (nSPS) is 17.8. The summed E-state index contributed by atoms with van der Waals surface area (Å²) in [6.45, 7) is 7.89. The van der Waals surface area contributed by atoms with Gasteiger partial charge in [0.15, 0.2) is 0 Å². The van der Waals surface area contributed by atoms with Gasteiger partial charge >= 0.3 is 0 Å². The van der Waals surface area contributed by atoms with Crippen LogP contribution in [0, 0.1) is 6.92 Å². The first-order chi connectivity index (χ1) is 7.81. The summed E-state index contributed by atoms with van der Waals surface area (Å²) < 4.78 is 0. The molecule has 0 aliphatic carbocycles. The third kappa shape index (κ3) is 2.48. The number of nitrogens with two attached hydrogens (primary N) is 1. The van der Waals surface area contributed by atoms with Crippen LogP contribution in [0.1, 0.15) is 5.69 Å². The minimum Gasteiger partial charge on any atom is -0.353 e. The molecule has 2 heterocycles. The predicted molar refractivity (Wildman–Crippen MR) is 64.5 cm³/mol. The number of nitrogens with zero attached hydrogens (tertiary/aromatic N) is 4. The zero-order chi connectivity index (χ0) is 11.4. The molecule has 0 radical (unpaired) electrons. The highest BCUT2D eigenvalue weighted by Gasteiger charge is 2.18. The molecule has 1 saturated heterocycles. The van der Waals surface area contributed by atoms with Crippen LogP contribution in [0.2, 0.25) is 0 Å². The van der Waals surface area contributed by atoms with Gasteiger partial charge in [-0.3, -0.25) is 9.88 Å². The van der Waals surface area contributed by atoms with Gasteiger partial charge in [0.05, 0.1) is 5.69 Å². The van der Waals surface area contributed by atoms with Crippen LogP contribution in [-0.2, 0) is 0 Å². The van der Waals surface area contributed by atoms with Gasteiger partial charge in [-0.1, -0.05) is 0 Å². The van der Waals surface area contributed by atoms with E-state index >= 15 is 0 Å². The molecule has 1 aliphatic heterocycles. The number of rotatable bonds is 3. The van der Waals surface area contributed by atoms with Crippen LogP contribution < -0.4 is 10.6 Å². The third-order valence-electron chi connectivity index (χ3n) is 2.97. The Morgan fingerprint density at radius 2 is 1.88 bits per heavy atom. The first-order valence-electron chi connectivity index (χ1n) is 5.76. The van der Waals surface area contributed by atoms with E-state index in [0.29, 0.717) is 0 Å². The maximum absolute atomic E-state index is 5.55. The molecule has 0 saturated carbocycles. The Balaban J connectivity index is 1.96. The van der Waals surface area contributed by atoms with Crippen molar-refractivity contribution in [3.05, 3.63) is 18.1 Å². The number of aryl methyl sites for hydroxylation is 1. The van der Waals surface area contributed by atoms with Gasteiger partial charge in [0, 0.05) is 51.7 Å². The van der Waals surface area contributed by atoms with Crippen LogP contribution >= 0.6 is 0 Å². The summed E-state index contributed by atoms with van der Waals surface area (Å²) in [5.41, 5.74) is 6.56. The van der Waals surface area contributed by atoms with E-state index in [1.165, 1.54) is 0 Å². The van der Waals surface area contributed by atoms with Gasteiger partial charge in [0.2, 0.25) is 0 Å². The van der Waals surface area contributed by atoms with Crippen molar-refractivity contribution in [2.45, 2.75) is 6.92 Å². The van der Waals surface area contributed by atoms with E-state index in [-0.39, 0.29) is 0 Å². The molecule has 5 nitrogen and oxygen atoms in total. The van der Waals surface area contributed by atoms with Gasteiger partial charge in [-0.05, 0) is 6.92 Å². The molecule has 0 spiro atoms. The second kappa shape index (κ2) is 5.23. The highest BCUT2D eigenvalue weighted by atomic mass is 15.3. The molecular weight excluding hydrogens is 202 g/mol. The van der Waals surface area contributed by atoms with Crippen molar-refractivity contribution in [1.82, 2.24) is 14.9 Å². The van der Waals surface area contributed by atoms with Crippen molar-refractivity contribution in [2.24, 2.45) is 5.73 Å². The third-order valence-corrected chi connectivity index (χ3v) is 2.97. The molecule has 5 heteroatoms. The van der Waals surface area contributed by atoms with E-state index in [0.717, 1.165) is 50.8 Å². The van der Waals surface area contributed by atoms with E-state index in [2.05, 4.69) is 19.8 Å². The summed E-state index contributed by atoms with van der Waals surface area (Å²) in [6.07, 6.45) is 3.50. The molecule has 1 aromatic rings. The van der Waals surface area contributed by atoms with E-state index in [9.17, 15) is 0 Å². The quantitative estimate of drug-likeness (QED) is 0.770. The molecular formula is C11H19N5. The summed E-state index contributed by atoms with van der Waals surface area (Å²) in [7, 11) is 0. The number of hydrogen-bond acceptors (Lipinski definition) is 5. The largest absolute Gasteiger partial charge is 0.353 e.